The standard InChI is InChI=1S/C21H28ClN3O3S/c1-24-11-13-25(14-12-24)15-16-28-20-4-2-3-18(17-20)9-10-23-29(26,27)21-7-5-19(22)6-8-21/h2-8,17,23H,9-16H2,1H3. The van der Waals surface area contributed by atoms with Gasteiger partial charge in [0.1, 0.15) is 12.4 Å². The van der Waals surface area contributed by atoms with Crippen LogP contribution >= 0.6 is 11.6 Å². The monoisotopic (exact) mass is 437 g/mol. The van der Waals surface area contributed by atoms with Gasteiger partial charge in [-0.1, -0.05) is 23.7 Å². The van der Waals surface area contributed by atoms with Crippen molar-refractivity contribution in [2.75, 3.05) is 52.9 Å². The second-order valence-electron chi connectivity index (χ2n) is 7.24. The van der Waals surface area contributed by atoms with Gasteiger partial charge in [-0.15, -0.1) is 0 Å². The number of nitrogens with one attached hydrogen (secondary N) is 1. The minimum absolute atomic E-state index is 0.211. The molecule has 6 nitrogen and oxygen atoms in total. The third kappa shape index (κ3) is 6.97. The second-order valence-corrected chi connectivity index (χ2v) is 9.45. The molecule has 0 aromatic heterocycles. The lowest BCUT2D eigenvalue weighted by atomic mass is 10.1. The summed E-state index contributed by atoms with van der Waals surface area (Å²) in [5.74, 6) is 0.817. The van der Waals surface area contributed by atoms with Crippen molar-refractivity contribution in [1.29, 1.82) is 0 Å². The van der Waals surface area contributed by atoms with E-state index in [-0.39, 0.29) is 4.90 Å². The fraction of sp³-hybridized carbons (Fsp3) is 0.429. The van der Waals surface area contributed by atoms with Crippen LogP contribution in [-0.4, -0.2) is 71.1 Å². The molecule has 0 saturated carbocycles. The van der Waals surface area contributed by atoms with Gasteiger partial charge in [-0.05, 0) is 55.4 Å². The van der Waals surface area contributed by atoms with E-state index in [9.17, 15) is 8.42 Å². The Kier molecular flexibility index (Phi) is 7.91. The lowest BCUT2D eigenvalue weighted by molar-refractivity contribution is 0.133. The summed E-state index contributed by atoms with van der Waals surface area (Å²) >= 11 is 5.82. The second kappa shape index (κ2) is 10.4. The zero-order valence-corrected chi connectivity index (χ0v) is 18.3. The summed E-state index contributed by atoms with van der Waals surface area (Å²) in [5.41, 5.74) is 1.03. The van der Waals surface area contributed by atoms with E-state index in [1.54, 1.807) is 12.1 Å². The van der Waals surface area contributed by atoms with Crippen molar-refractivity contribution in [1.82, 2.24) is 14.5 Å². The molecule has 1 saturated heterocycles. The van der Waals surface area contributed by atoms with Crippen LogP contribution in [0.4, 0.5) is 0 Å². The third-order valence-electron chi connectivity index (χ3n) is 5.00. The quantitative estimate of drug-likeness (QED) is 0.653. The van der Waals surface area contributed by atoms with E-state index < -0.39 is 10.0 Å². The smallest absolute Gasteiger partial charge is 0.240 e. The fourth-order valence-corrected chi connectivity index (χ4v) is 4.34. The zero-order chi connectivity index (χ0) is 20.7. The van der Waals surface area contributed by atoms with Crippen LogP contribution in [0.1, 0.15) is 5.56 Å². The highest BCUT2D eigenvalue weighted by atomic mass is 35.5. The van der Waals surface area contributed by atoms with E-state index >= 15 is 0 Å². The van der Waals surface area contributed by atoms with Crippen LogP contribution in [0.25, 0.3) is 0 Å². The van der Waals surface area contributed by atoms with Crippen molar-refractivity contribution >= 4 is 21.6 Å². The molecular formula is C21H28ClN3O3S. The number of hydrogen-bond donors (Lipinski definition) is 1. The van der Waals surface area contributed by atoms with Gasteiger partial charge in [-0.2, -0.15) is 0 Å². The van der Waals surface area contributed by atoms with Crippen LogP contribution in [0.2, 0.25) is 5.02 Å². The van der Waals surface area contributed by atoms with Crippen LogP contribution in [0.3, 0.4) is 0 Å². The van der Waals surface area contributed by atoms with Crippen molar-refractivity contribution in [3.63, 3.8) is 0 Å². The molecule has 0 amide bonds. The van der Waals surface area contributed by atoms with Gasteiger partial charge in [-0.3, -0.25) is 4.90 Å². The topological polar surface area (TPSA) is 61.9 Å². The number of nitrogens with zero attached hydrogens (tertiary/aromatic N) is 2. The Bertz CT molecular complexity index is 882. The maximum absolute atomic E-state index is 12.3. The van der Waals surface area contributed by atoms with Crippen molar-refractivity contribution in [2.24, 2.45) is 0 Å². The van der Waals surface area contributed by atoms with Crippen molar-refractivity contribution in [3.05, 3.63) is 59.1 Å². The maximum atomic E-state index is 12.3. The van der Waals surface area contributed by atoms with Gasteiger partial charge in [0, 0.05) is 44.3 Å². The SMILES string of the molecule is CN1CCN(CCOc2cccc(CCNS(=O)(=O)c3ccc(Cl)cc3)c2)CC1. The van der Waals surface area contributed by atoms with Crippen molar-refractivity contribution < 1.29 is 13.2 Å². The number of ether oxygens (including phenoxy) is 1. The van der Waals surface area contributed by atoms with Gasteiger partial charge in [0.2, 0.25) is 10.0 Å². The average Bonchev–Trinajstić information content (AvgIpc) is 2.70. The molecule has 0 aliphatic carbocycles. The Balaban J connectivity index is 1.44. The minimum atomic E-state index is -3.54. The lowest BCUT2D eigenvalue weighted by Crippen LogP contribution is -2.45. The maximum Gasteiger partial charge on any atom is 0.240 e. The number of likely N-dealkylation sites (N-methyl/N-ethyl adjacent to an activating group) is 1. The first-order chi connectivity index (χ1) is 13.9. The van der Waals surface area contributed by atoms with Gasteiger partial charge in [0.25, 0.3) is 0 Å². The zero-order valence-electron chi connectivity index (χ0n) is 16.7. The Labute approximate surface area is 178 Å². The van der Waals surface area contributed by atoms with Gasteiger partial charge in [0.05, 0.1) is 4.90 Å². The van der Waals surface area contributed by atoms with E-state index in [1.807, 2.05) is 24.3 Å². The first-order valence-corrected chi connectivity index (χ1v) is 11.7. The summed E-state index contributed by atoms with van der Waals surface area (Å²) in [6, 6.07) is 14.0. The Morgan fingerprint density at radius 1 is 1.07 bits per heavy atom. The predicted octanol–water partition coefficient (Wildman–Crippen LogP) is 2.49. The number of halogens is 1. The van der Waals surface area contributed by atoms with Crippen LogP contribution in [0.5, 0.6) is 5.75 Å². The molecule has 0 spiro atoms. The summed E-state index contributed by atoms with van der Waals surface area (Å²) in [5, 5.41) is 0.508. The lowest BCUT2D eigenvalue weighted by Gasteiger charge is -2.32. The van der Waals surface area contributed by atoms with Gasteiger partial charge >= 0.3 is 0 Å². The number of sulfonamides is 1. The van der Waals surface area contributed by atoms with E-state index in [2.05, 4.69) is 21.6 Å². The fourth-order valence-electron chi connectivity index (χ4n) is 3.18. The number of benzene rings is 2. The predicted molar refractivity (Wildman–Crippen MR) is 116 cm³/mol. The Hall–Kier alpha value is -1.64. The number of hydrogen-bond acceptors (Lipinski definition) is 5. The summed E-state index contributed by atoms with van der Waals surface area (Å²) in [4.78, 5) is 4.96. The molecule has 1 fully saturated rings. The van der Waals surface area contributed by atoms with E-state index in [4.69, 9.17) is 16.3 Å². The average molecular weight is 438 g/mol. The highest BCUT2D eigenvalue weighted by molar-refractivity contribution is 7.89. The molecule has 1 heterocycles. The molecule has 0 unspecified atom stereocenters. The molecule has 1 aliphatic heterocycles. The molecule has 1 N–H and O–H groups in total. The molecule has 2 aromatic rings. The van der Waals surface area contributed by atoms with E-state index in [0.29, 0.717) is 24.6 Å². The third-order valence-corrected chi connectivity index (χ3v) is 6.73. The summed E-state index contributed by atoms with van der Waals surface area (Å²) in [6.45, 7) is 6.23. The molecule has 1 aliphatic rings. The molecular weight excluding hydrogens is 410 g/mol. The first-order valence-electron chi connectivity index (χ1n) is 9.80. The highest BCUT2D eigenvalue weighted by Gasteiger charge is 2.14. The summed E-state index contributed by atoms with van der Waals surface area (Å²) < 4.78 is 33.2. The van der Waals surface area contributed by atoms with Gasteiger partial charge in [0.15, 0.2) is 0 Å². The van der Waals surface area contributed by atoms with Gasteiger partial charge < -0.3 is 9.64 Å². The largest absolute Gasteiger partial charge is 0.492 e. The van der Waals surface area contributed by atoms with E-state index in [1.165, 1.54) is 12.1 Å². The molecule has 0 atom stereocenters. The molecule has 29 heavy (non-hydrogen) atoms. The van der Waals surface area contributed by atoms with Crippen LogP contribution < -0.4 is 9.46 Å². The molecule has 2 aromatic carbocycles. The van der Waals surface area contributed by atoms with Crippen molar-refractivity contribution in [3.8, 4) is 5.75 Å². The van der Waals surface area contributed by atoms with E-state index in [0.717, 1.165) is 44.0 Å². The normalized spacial score (nSPS) is 16.1. The van der Waals surface area contributed by atoms with Crippen LogP contribution in [-0.2, 0) is 16.4 Å². The van der Waals surface area contributed by atoms with Crippen LogP contribution in [0, 0.1) is 0 Å². The summed E-state index contributed by atoms with van der Waals surface area (Å²) in [7, 11) is -1.39. The molecule has 3 rings (SSSR count). The molecule has 0 bridgehead atoms. The Morgan fingerprint density at radius 3 is 2.52 bits per heavy atom. The molecule has 158 valence electrons. The van der Waals surface area contributed by atoms with Crippen molar-refractivity contribution in [2.45, 2.75) is 11.3 Å². The summed E-state index contributed by atoms with van der Waals surface area (Å²) in [6.07, 6.45) is 0.586. The molecule has 8 heteroatoms. The molecule has 0 radical (unpaired) electrons. The van der Waals surface area contributed by atoms with Gasteiger partial charge in [-0.25, -0.2) is 13.1 Å². The minimum Gasteiger partial charge on any atom is -0.492 e. The Morgan fingerprint density at radius 2 is 1.79 bits per heavy atom. The highest BCUT2D eigenvalue weighted by Crippen LogP contribution is 2.16. The number of rotatable bonds is 9. The van der Waals surface area contributed by atoms with Crippen LogP contribution in [0.15, 0.2) is 53.4 Å². The number of piperazine rings is 1. The first kappa shape index (κ1) is 22.1.